The van der Waals surface area contributed by atoms with Gasteiger partial charge in [0.2, 0.25) is 0 Å². The molecule has 0 spiro atoms. The highest BCUT2D eigenvalue weighted by molar-refractivity contribution is 5.61. The van der Waals surface area contributed by atoms with Crippen LogP contribution in [0.25, 0.3) is 0 Å². The van der Waals surface area contributed by atoms with Crippen molar-refractivity contribution in [2.75, 3.05) is 5.32 Å². The van der Waals surface area contributed by atoms with Crippen molar-refractivity contribution in [2.45, 2.75) is 18.4 Å². The van der Waals surface area contributed by atoms with Crippen LogP contribution in [-0.2, 0) is 0 Å². The molecule has 0 fully saturated rings. The Morgan fingerprint density at radius 3 is 2.83 bits per heavy atom. The van der Waals surface area contributed by atoms with E-state index in [2.05, 4.69) is 17.5 Å². The fraction of sp³-hybridized carbons (Fsp3) is 0.222. The van der Waals surface area contributed by atoms with E-state index in [1.807, 2.05) is 6.07 Å². The Morgan fingerprint density at radius 2 is 2.00 bits per heavy atom. The highest BCUT2D eigenvalue weighted by Crippen LogP contribution is 2.51. The number of fused-ring (bicyclic) bond motifs is 3. The Morgan fingerprint density at radius 1 is 1.17 bits per heavy atom. The largest absolute Gasteiger partial charge is 0.377 e. The number of para-hydroxylation sites is 1. The molecule has 3 unspecified atom stereocenters. The van der Waals surface area contributed by atoms with E-state index in [1.54, 1.807) is 24.3 Å². The van der Waals surface area contributed by atoms with Crippen LogP contribution >= 0.6 is 0 Å². The zero-order chi connectivity index (χ0) is 16.0. The average Bonchev–Trinajstić information content (AvgIpc) is 3.04. The number of hydrogen-bond donors (Lipinski definition) is 1. The second-order valence-electron chi connectivity index (χ2n) is 6.02. The van der Waals surface area contributed by atoms with Crippen molar-refractivity contribution in [1.29, 1.82) is 0 Å². The molecule has 2 aliphatic rings. The van der Waals surface area contributed by atoms with Crippen LogP contribution in [0.2, 0.25) is 0 Å². The summed E-state index contributed by atoms with van der Waals surface area (Å²) in [7, 11) is 0. The number of allylic oxidation sites excluding steroid dienone is 2. The third-order valence-electron chi connectivity index (χ3n) is 4.79. The van der Waals surface area contributed by atoms with Crippen molar-refractivity contribution in [3.8, 4) is 0 Å². The summed E-state index contributed by atoms with van der Waals surface area (Å²) in [6.07, 6.45) is 4.99. The van der Waals surface area contributed by atoms with E-state index in [1.165, 1.54) is 12.1 Å². The number of nitro groups is 1. The average molecular weight is 310 g/mol. The minimum absolute atomic E-state index is 0.0896. The smallest absolute Gasteiger partial charge is 0.274 e. The fourth-order valence-corrected chi connectivity index (χ4v) is 3.79. The van der Waals surface area contributed by atoms with Gasteiger partial charge < -0.3 is 5.32 Å². The van der Waals surface area contributed by atoms with Gasteiger partial charge in [-0.25, -0.2) is 4.39 Å². The van der Waals surface area contributed by atoms with Gasteiger partial charge in [0, 0.05) is 17.7 Å². The predicted molar refractivity (Wildman–Crippen MR) is 85.8 cm³/mol. The third kappa shape index (κ3) is 2.20. The molecular formula is C18H15FN2O2. The molecule has 0 radical (unpaired) electrons. The number of hydrogen-bond acceptors (Lipinski definition) is 3. The van der Waals surface area contributed by atoms with Gasteiger partial charge in [-0.1, -0.05) is 30.4 Å². The maximum absolute atomic E-state index is 13.6. The van der Waals surface area contributed by atoms with E-state index in [-0.39, 0.29) is 34.3 Å². The molecule has 2 aromatic rings. The minimum Gasteiger partial charge on any atom is -0.377 e. The summed E-state index contributed by atoms with van der Waals surface area (Å²) in [5.41, 5.74) is 2.59. The summed E-state index contributed by atoms with van der Waals surface area (Å²) in [5, 5.41) is 14.8. The predicted octanol–water partition coefficient (Wildman–Crippen LogP) is 4.56. The summed E-state index contributed by atoms with van der Waals surface area (Å²) >= 11 is 0. The van der Waals surface area contributed by atoms with Gasteiger partial charge in [-0.2, -0.15) is 0 Å². The molecule has 23 heavy (non-hydrogen) atoms. The zero-order valence-corrected chi connectivity index (χ0v) is 12.3. The van der Waals surface area contributed by atoms with Gasteiger partial charge in [0.05, 0.1) is 16.5 Å². The normalized spacial score (nSPS) is 24.7. The Bertz CT molecular complexity index is 818. The summed E-state index contributed by atoms with van der Waals surface area (Å²) in [6.45, 7) is 0. The van der Waals surface area contributed by atoms with Crippen molar-refractivity contribution < 1.29 is 9.31 Å². The molecule has 1 aliphatic heterocycles. The van der Waals surface area contributed by atoms with Crippen LogP contribution in [0.1, 0.15) is 29.5 Å². The Kier molecular flexibility index (Phi) is 3.15. The zero-order valence-electron chi connectivity index (χ0n) is 12.3. The monoisotopic (exact) mass is 310 g/mol. The van der Waals surface area contributed by atoms with E-state index in [4.69, 9.17) is 0 Å². The number of nitrogens with one attached hydrogen (secondary N) is 1. The summed E-state index contributed by atoms with van der Waals surface area (Å²) < 4.78 is 13.6. The van der Waals surface area contributed by atoms with E-state index in [0.717, 1.165) is 17.7 Å². The number of halogens is 1. The van der Waals surface area contributed by atoms with Gasteiger partial charge in [0.25, 0.3) is 5.69 Å². The highest BCUT2D eigenvalue weighted by Gasteiger charge is 2.40. The van der Waals surface area contributed by atoms with Crippen LogP contribution in [0.4, 0.5) is 15.8 Å². The topological polar surface area (TPSA) is 55.2 Å². The molecule has 4 nitrogen and oxygen atoms in total. The lowest BCUT2D eigenvalue weighted by Gasteiger charge is -2.37. The highest BCUT2D eigenvalue weighted by atomic mass is 19.1. The molecule has 5 heteroatoms. The summed E-state index contributed by atoms with van der Waals surface area (Å²) in [4.78, 5) is 11.0. The minimum atomic E-state index is -0.339. The maximum atomic E-state index is 13.6. The number of anilines is 1. The van der Waals surface area contributed by atoms with Crippen LogP contribution in [0.3, 0.4) is 0 Å². The van der Waals surface area contributed by atoms with Crippen LogP contribution in [0.5, 0.6) is 0 Å². The van der Waals surface area contributed by atoms with Crippen molar-refractivity contribution in [2.24, 2.45) is 5.92 Å². The fourth-order valence-electron chi connectivity index (χ4n) is 3.79. The van der Waals surface area contributed by atoms with Gasteiger partial charge in [-0.05, 0) is 36.1 Å². The number of benzene rings is 2. The molecule has 1 N–H and O–H groups in total. The molecule has 0 aromatic heterocycles. The van der Waals surface area contributed by atoms with Gasteiger partial charge in [-0.3, -0.25) is 10.1 Å². The molecule has 3 atom stereocenters. The Labute approximate surface area is 132 Å². The van der Waals surface area contributed by atoms with Crippen molar-refractivity contribution >= 4 is 11.4 Å². The van der Waals surface area contributed by atoms with Crippen LogP contribution in [-0.4, -0.2) is 4.92 Å². The van der Waals surface area contributed by atoms with Crippen molar-refractivity contribution in [1.82, 2.24) is 0 Å². The third-order valence-corrected chi connectivity index (χ3v) is 4.79. The first-order valence-corrected chi connectivity index (χ1v) is 7.61. The van der Waals surface area contributed by atoms with Crippen molar-refractivity contribution in [3.05, 3.63) is 81.7 Å². The standard InChI is InChI=1S/C18H15FN2O2/c19-11-8-9-16-15(10-11)12-5-3-6-13(12)18(20-16)14-4-1-2-7-17(14)21(22)23/h1-5,7-10,12-13,18,20H,6H2. The first-order valence-electron chi connectivity index (χ1n) is 7.61. The van der Waals surface area contributed by atoms with E-state index >= 15 is 0 Å². The summed E-state index contributed by atoms with van der Waals surface area (Å²) in [6, 6.07) is 11.4. The molecule has 0 bridgehead atoms. The number of nitro benzene ring substituents is 1. The lowest BCUT2D eigenvalue weighted by atomic mass is 9.76. The SMILES string of the molecule is O=[N+]([O-])c1ccccc1C1Nc2ccc(F)cc2C2C=CCC21. The molecule has 1 heterocycles. The molecule has 116 valence electrons. The van der Waals surface area contributed by atoms with E-state index in [0.29, 0.717) is 5.56 Å². The van der Waals surface area contributed by atoms with E-state index < -0.39 is 0 Å². The van der Waals surface area contributed by atoms with Crippen LogP contribution in [0.15, 0.2) is 54.6 Å². The van der Waals surface area contributed by atoms with Crippen LogP contribution < -0.4 is 5.32 Å². The van der Waals surface area contributed by atoms with Gasteiger partial charge in [0.1, 0.15) is 5.82 Å². The molecule has 0 amide bonds. The molecule has 1 aliphatic carbocycles. The quantitative estimate of drug-likeness (QED) is 0.502. The van der Waals surface area contributed by atoms with Crippen LogP contribution in [0, 0.1) is 21.8 Å². The maximum Gasteiger partial charge on any atom is 0.274 e. The first kappa shape index (κ1) is 13.9. The second kappa shape index (κ2) is 5.19. The van der Waals surface area contributed by atoms with E-state index in [9.17, 15) is 14.5 Å². The lowest BCUT2D eigenvalue weighted by molar-refractivity contribution is -0.385. The van der Waals surface area contributed by atoms with Crippen molar-refractivity contribution in [3.63, 3.8) is 0 Å². The second-order valence-corrected chi connectivity index (χ2v) is 6.02. The molecule has 4 rings (SSSR count). The molecule has 0 saturated carbocycles. The van der Waals surface area contributed by atoms with Gasteiger partial charge in [-0.15, -0.1) is 0 Å². The van der Waals surface area contributed by atoms with Gasteiger partial charge >= 0.3 is 0 Å². The lowest BCUT2D eigenvalue weighted by Crippen LogP contribution is -2.29. The Balaban J connectivity index is 1.83. The van der Waals surface area contributed by atoms with Gasteiger partial charge in [0.15, 0.2) is 0 Å². The number of rotatable bonds is 2. The number of nitrogens with zero attached hydrogens (tertiary/aromatic N) is 1. The summed E-state index contributed by atoms with van der Waals surface area (Å²) in [5.74, 6) is -0.00842. The first-order chi connectivity index (χ1) is 11.1. The molecule has 2 aromatic carbocycles. The Hall–Kier alpha value is -2.69. The molecular weight excluding hydrogens is 295 g/mol. The molecule has 0 saturated heterocycles.